The summed E-state index contributed by atoms with van der Waals surface area (Å²) in [6.45, 7) is 13.4. The van der Waals surface area contributed by atoms with Crippen molar-refractivity contribution in [2.75, 3.05) is 4.90 Å². The van der Waals surface area contributed by atoms with Crippen LogP contribution in [-0.2, 0) is 15.9 Å². The van der Waals surface area contributed by atoms with Crippen molar-refractivity contribution in [3.05, 3.63) is 113 Å². The van der Waals surface area contributed by atoms with Gasteiger partial charge >= 0.3 is 0 Å². The molecule has 4 aromatic carbocycles. The zero-order valence-electron chi connectivity index (χ0n) is 23.8. The standard InChI is InChI=1S/C36H41NO/c1-7-35(8-2)31-24-21-29(25-32(31)36(9-3,10-4)38-35)28-19-22-30(23-20-28)37(33-17-13-11-15-26(33)5)34-18-14-12-16-27(34)6/h11-25H,7-10H2,1-6H3. The molecule has 38 heavy (non-hydrogen) atoms. The molecule has 4 aromatic rings. The van der Waals surface area contributed by atoms with E-state index < -0.39 is 0 Å². The molecule has 0 unspecified atom stereocenters. The summed E-state index contributed by atoms with van der Waals surface area (Å²) in [7, 11) is 0. The third-order valence-corrected chi connectivity index (χ3v) is 8.85. The molecule has 0 atom stereocenters. The third kappa shape index (κ3) is 4.25. The van der Waals surface area contributed by atoms with Gasteiger partial charge in [0.05, 0.1) is 11.2 Å². The molecule has 2 nitrogen and oxygen atoms in total. The van der Waals surface area contributed by atoms with Crippen LogP contribution in [0.25, 0.3) is 11.1 Å². The predicted octanol–water partition coefficient (Wildman–Crippen LogP) is 10.5. The Hall–Kier alpha value is -3.36. The number of benzene rings is 4. The summed E-state index contributed by atoms with van der Waals surface area (Å²) in [6.07, 6.45) is 3.98. The van der Waals surface area contributed by atoms with Gasteiger partial charge in [-0.15, -0.1) is 0 Å². The van der Waals surface area contributed by atoms with E-state index >= 15 is 0 Å². The van der Waals surface area contributed by atoms with Crippen LogP contribution in [0.2, 0.25) is 0 Å². The van der Waals surface area contributed by atoms with Gasteiger partial charge < -0.3 is 9.64 Å². The Morgan fingerprint density at radius 3 is 1.53 bits per heavy atom. The molecule has 0 radical (unpaired) electrons. The lowest BCUT2D eigenvalue weighted by molar-refractivity contribution is -0.151. The monoisotopic (exact) mass is 503 g/mol. The molecule has 196 valence electrons. The maximum Gasteiger partial charge on any atom is 0.0942 e. The molecule has 0 saturated carbocycles. The van der Waals surface area contributed by atoms with Gasteiger partial charge in [0.2, 0.25) is 0 Å². The minimum Gasteiger partial charge on any atom is -0.359 e. The van der Waals surface area contributed by atoms with Crippen molar-refractivity contribution < 1.29 is 4.74 Å². The maximum absolute atomic E-state index is 6.96. The molecule has 0 aromatic heterocycles. The van der Waals surface area contributed by atoms with Gasteiger partial charge in [-0.25, -0.2) is 0 Å². The first kappa shape index (κ1) is 26.3. The molecule has 1 heterocycles. The van der Waals surface area contributed by atoms with Crippen LogP contribution in [0, 0.1) is 13.8 Å². The molecular formula is C36H41NO. The normalized spacial score (nSPS) is 15.3. The summed E-state index contributed by atoms with van der Waals surface area (Å²) in [4.78, 5) is 2.38. The SMILES string of the molecule is CCC1(CC)OC(CC)(CC)c2cc(-c3ccc(N(c4ccccc4C)c4ccccc4C)cc3)ccc21. The largest absolute Gasteiger partial charge is 0.359 e. The second-order valence-corrected chi connectivity index (χ2v) is 10.7. The van der Waals surface area contributed by atoms with Crippen LogP contribution in [0.4, 0.5) is 17.1 Å². The van der Waals surface area contributed by atoms with E-state index in [4.69, 9.17) is 4.74 Å². The fourth-order valence-electron chi connectivity index (χ4n) is 6.37. The highest BCUT2D eigenvalue weighted by molar-refractivity contribution is 5.81. The summed E-state index contributed by atoms with van der Waals surface area (Å²) in [5, 5.41) is 0. The first-order valence-electron chi connectivity index (χ1n) is 14.3. The Bertz CT molecular complexity index is 1360. The summed E-state index contributed by atoms with van der Waals surface area (Å²) in [5.74, 6) is 0. The van der Waals surface area contributed by atoms with Crippen molar-refractivity contribution in [2.24, 2.45) is 0 Å². The average Bonchev–Trinajstić information content (AvgIpc) is 3.25. The van der Waals surface area contributed by atoms with E-state index in [1.165, 1.54) is 44.8 Å². The second-order valence-electron chi connectivity index (χ2n) is 10.7. The Kier molecular flexibility index (Phi) is 7.20. The van der Waals surface area contributed by atoms with Crippen LogP contribution < -0.4 is 4.90 Å². The van der Waals surface area contributed by atoms with Gasteiger partial charge in [-0.05, 0) is 103 Å². The highest BCUT2D eigenvalue weighted by Crippen LogP contribution is 2.54. The summed E-state index contributed by atoms with van der Waals surface area (Å²) in [5.41, 5.74) is 11.0. The van der Waals surface area contributed by atoms with Crippen LogP contribution >= 0.6 is 0 Å². The number of anilines is 3. The van der Waals surface area contributed by atoms with Crippen molar-refractivity contribution in [1.29, 1.82) is 0 Å². The lowest BCUT2D eigenvalue weighted by atomic mass is 9.81. The minimum atomic E-state index is -0.205. The molecule has 1 aliphatic rings. The van der Waals surface area contributed by atoms with Crippen molar-refractivity contribution in [3.8, 4) is 11.1 Å². The van der Waals surface area contributed by atoms with E-state index in [0.29, 0.717) is 0 Å². The maximum atomic E-state index is 6.96. The fraction of sp³-hybridized carbons (Fsp3) is 0.333. The number of fused-ring (bicyclic) bond motifs is 1. The first-order chi connectivity index (χ1) is 18.4. The Labute approximate surface area is 229 Å². The van der Waals surface area contributed by atoms with Crippen molar-refractivity contribution in [3.63, 3.8) is 0 Å². The van der Waals surface area contributed by atoms with Gasteiger partial charge in [0.15, 0.2) is 0 Å². The molecule has 0 spiro atoms. The topological polar surface area (TPSA) is 12.5 Å². The Balaban J connectivity index is 1.58. The lowest BCUT2D eigenvalue weighted by Gasteiger charge is -2.34. The van der Waals surface area contributed by atoms with E-state index in [9.17, 15) is 0 Å². The van der Waals surface area contributed by atoms with Gasteiger partial charge in [-0.2, -0.15) is 0 Å². The van der Waals surface area contributed by atoms with E-state index in [1.807, 2.05) is 0 Å². The van der Waals surface area contributed by atoms with Gasteiger partial charge in [-0.1, -0.05) is 88.4 Å². The Morgan fingerprint density at radius 2 is 1.03 bits per heavy atom. The average molecular weight is 504 g/mol. The first-order valence-corrected chi connectivity index (χ1v) is 14.3. The highest BCUT2D eigenvalue weighted by Gasteiger charge is 2.49. The molecular weight excluding hydrogens is 462 g/mol. The van der Waals surface area contributed by atoms with Crippen LogP contribution in [-0.4, -0.2) is 0 Å². The number of rotatable bonds is 8. The smallest absolute Gasteiger partial charge is 0.0942 e. The number of aryl methyl sites for hydroxylation is 2. The summed E-state index contributed by atoms with van der Waals surface area (Å²) < 4.78 is 6.96. The highest BCUT2D eigenvalue weighted by atomic mass is 16.5. The zero-order chi connectivity index (χ0) is 26.9. The van der Waals surface area contributed by atoms with Crippen LogP contribution in [0.1, 0.15) is 75.6 Å². The molecule has 0 fully saturated rings. The van der Waals surface area contributed by atoms with Crippen LogP contribution in [0.5, 0.6) is 0 Å². The molecule has 0 aliphatic carbocycles. The van der Waals surface area contributed by atoms with Crippen LogP contribution in [0.3, 0.4) is 0 Å². The fourth-order valence-corrected chi connectivity index (χ4v) is 6.37. The molecule has 0 bridgehead atoms. The Morgan fingerprint density at radius 1 is 0.553 bits per heavy atom. The third-order valence-electron chi connectivity index (χ3n) is 8.85. The lowest BCUT2D eigenvalue weighted by Crippen LogP contribution is -2.31. The molecule has 0 amide bonds. The number of ether oxygens (including phenoxy) is 1. The molecule has 0 N–H and O–H groups in total. The van der Waals surface area contributed by atoms with E-state index in [0.717, 1.165) is 31.4 Å². The summed E-state index contributed by atoms with van der Waals surface area (Å²) in [6, 6.07) is 33.3. The molecule has 0 saturated heterocycles. The number of hydrogen-bond donors (Lipinski definition) is 0. The van der Waals surface area contributed by atoms with Crippen molar-refractivity contribution in [2.45, 2.75) is 78.4 Å². The zero-order valence-corrected chi connectivity index (χ0v) is 23.8. The van der Waals surface area contributed by atoms with Gasteiger partial charge in [-0.3, -0.25) is 0 Å². The summed E-state index contributed by atoms with van der Waals surface area (Å²) >= 11 is 0. The van der Waals surface area contributed by atoms with Gasteiger partial charge in [0.1, 0.15) is 0 Å². The van der Waals surface area contributed by atoms with Gasteiger partial charge in [0, 0.05) is 17.1 Å². The second kappa shape index (κ2) is 10.4. The van der Waals surface area contributed by atoms with Gasteiger partial charge in [0.25, 0.3) is 0 Å². The van der Waals surface area contributed by atoms with Crippen molar-refractivity contribution >= 4 is 17.1 Å². The van der Waals surface area contributed by atoms with E-state index in [-0.39, 0.29) is 11.2 Å². The molecule has 1 aliphatic heterocycles. The van der Waals surface area contributed by atoms with Crippen LogP contribution in [0.15, 0.2) is 91.0 Å². The predicted molar refractivity (Wildman–Crippen MR) is 162 cm³/mol. The minimum absolute atomic E-state index is 0.175. The number of nitrogens with zero attached hydrogens (tertiary/aromatic N) is 1. The quantitative estimate of drug-likeness (QED) is 0.237. The number of hydrogen-bond acceptors (Lipinski definition) is 2. The molecule has 5 rings (SSSR count). The van der Waals surface area contributed by atoms with E-state index in [2.05, 4.69) is 137 Å². The van der Waals surface area contributed by atoms with E-state index in [1.54, 1.807) is 0 Å². The number of para-hydroxylation sites is 2. The molecule has 2 heteroatoms. The van der Waals surface area contributed by atoms with Crippen molar-refractivity contribution in [1.82, 2.24) is 0 Å².